The molecule has 0 spiro atoms. The van der Waals surface area contributed by atoms with Crippen molar-refractivity contribution >= 4 is 12.0 Å². The van der Waals surface area contributed by atoms with E-state index < -0.39 is 23.9 Å². The van der Waals surface area contributed by atoms with Crippen LogP contribution in [0.2, 0.25) is 0 Å². The average Bonchev–Trinajstić information content (AvgIpc) is 2.87. The van der Waals surface area contributed by atoms with E-state index in [1.54, 1.807) is 32.9 Å². The van der Waals surface area contributed by atoms with E-state index in [0.717, 1.165) is 5.56 Å². The molecule has 7 heteroatoms. The highest BCUT2D eigenvalue weighted by atomic mass is 16.6. The molecule has 7 nitrogen and oxygen atoms in total. The number of carbonyl (C=O) groups is 2. The highest BCUT2D eigenvalue weighted by Gasteiger charge is 2.37. The normalized spacial score (nSPS) is 21.2. The first-order valence-electron chi connectivity index (χ1n) is 8.75. The van der Waals surface area contributed by atoms with Crippen LogP contribution in [-0.4, -0.2) is 52.9 Å². The van der Waals surface area contributed by atoms with Gasteiger partial charge in [0.2, 0.25) is 5.91 Å². The second-order valence-electron chi connectivity index (χ2n) is 7.60. The Labute approximate surface area is 154 Å². The molecule has 0 bridgehead atoms. The Morgan fingerprint density at radius 3 is 2.38 bits per heavy atom. The Hall–Kier alpha value is -2.28. The third-order valence-electron chi connectivity index (χ3n) is 3.98. The van der Waals surface area contributed by atoms with Gasteiger partial charge in [0, 0.05) is 6.92 Å². The van der Waals surface area contributed by atoms with Crippen molar-refractivity contribution in [2.75, 3.05) is 13.1 Å². The number of aliphatic hydroxyl groups is 1. The Morgan fingerprint density at radius 1 is 1.23 bits per heavy atom. The van der Waals surface area contributed by atoms with Gasteiger partial charge in [-0.15, -0.1) is 0 Å². The lowest BCUT2D eigenvalue weighted by Crippen LogP contribution is -2.36. The van der Waals surface area contributed by atoms with E-state index in [4.69, 9.17) is 9.47 Å². The number of rotatable bonds is 4. The quantitative estimate of drug-likeness (QED) is 0.855. The van der Waals surface area contributed by atoms with Gasteiger partial charge in [-0.05, 0) is 45.4 Å². The molecule has 1 heterocycles. The summed E-state index contributed by atoms with van der Waals surface area (Å²) in [4.78, 5) is 24.7. The zero-order valence-corrected chi connectivity index (χ0v) is 16.0. The summed E-state index contributed by atoms with van der Waals surface area (Å²) in [6.07, 6.45) is -1.75. The predicted molar refractivity (Wildman–Crippen MR) is 96.9 cm³/mol. The molecule has 1 aromatic rings. The minimum absolute atomic E-state index is 0.0888. The molecule has 1 saturated heterocycles. The smallest absolute Gasteiger partial charge is 0.410 e. The average molecular weight is 364 g/mol. The fraction of sp³-hybridized carbons (Fsp3) is 0.579. The van der Waals surface area contributed by atoms with E-state index in [0.29, 0.717) is 5.75 Å². The van der Waals surface area contributed by atoms with Crippen molar-refractivity contribution in [2.45, 2.75) is 58.5 Å². The first kappa shape index (κ1) is 20.0. The fourth-order valence-electron chi connectivity index (χ4n) is 2.75. The highest BCUT2D eigenvalue weighted by molar-refractivity contribution is 5.73. The molecule has 1 aliphatic heterocycles. The van der Waals surface area contributed by atoms with Crippen LogP contribution in [0, 0.1) is 0 Å². The summed E-state index contributed by atoms with van der Waals surface area (Å²) in [6, 6.07) is 7.21. The maximum absolute atomic E-state index is 12.1. The summed E-state index contributed by atoms with van der Waals surface area (Å²) in [5.74, 6) is 0.507. The number of ether oxygens (including phenoxy) is 2. The SMILES string of the molecule is CC(=O)N[C@@H](C)c1ccc(O[C@H]2CN(C(=O)OC(C)(C)C)C[C@@H]2O)cc1. The van der Waals surface area contributed by atoms with Gasteiger partial charge in [0.25, 0.3) is 0 Å². The molecular weight excluding hydrogens is 336 g/mol. The van der Waals surface area contributed by atoms with Gasteiger partial charge in [-0.25, -0.2) is 4.79 Å². The van der Waals surface area contributed by atoms with E-state index in [2.05, 4.69) is 5.32 Å². The van der Waals surface area contributed by atoms with Crippen molar-refractivity contribution < 1.29 is 24.2 Å². The van der Waals surface area contributed by atoms with Crippen molar-refractivity contribution in [3.63, 3.8) is 0 Å². The summed E-state index contributed by atoms with van der Waals surface area (Å²) in [7, 11) is 0. The van der Waals surface area contributed by atoms with E-state index in [9.17, 15) is 14.7 Å². The van der Waals surface area contributed by atoms with Gasteiger partial charge in [-0.1, -0.05) is 12.1 Å². The molecule has 1 aliphatic rings. The van der Waals surface area contributed by atoms with Crippen LogP contribution in [0.1, 0.15) is 46.2 Å². The zero-order valence-electron chi connectivity index (χ0n) is 16.0. The summed E-state index contributed by atoms with van der Waals surface area (Å²) < 4.78 is 11.2. The van der Waals surface area contributed by atoms with Crippen molar-refractivity contribution in [3.8, 4) is 5.75 Å². The number of carbonyl (C=O) groups excluding carboxylic acids is 2. The molecule has 2 N–H and O–H groups in total. The number of nitrogens with zero attached hydrogens (tertiary/aromatic N) is 1. The predicted octanol–water partition coefficient (Wildman–Crippen LogP) is 2.24. The van der Waals surface area contributed by atoms with Gasteiger partial charge < -0.3 is 24.8 Å². The molecule has 1 aromatic carbocycles. The number of amides is 2. The number of hydrogen-bond donors (Lipinski definition) is 2. The molecule has 2 rings (SSSR count). The Bertz CT molecular complexity index is 638. The van der Waals surface area contributed by atoms with Crippen molar-refractivity contribution in [1.29, 1.82) is 0 Å². The number of aliphatic hydroxyl groups excluding tert-OH is 1. The minimum Gasteiger partial charge on any atom is -0.486 e. The van der Waals surface area contributed by atoms with Gasteiger partial charge in [0.05, 0.1) is 19.1 Å². The summed E-state index contributed by atoms with van der Waals surface area (Å²) in [5, 5.41) is 13.0. The van der Waals surface area contributed by atoms with Crippen LogP contribution < -0.4 is 10.1 Å². The molecule has 0 aliphatic carbocycles. The maximum Gasteiger partial charge on any atom is 0.410 e. The molecule has 0 saturated carbocycles. The third kappa shape index (κ3) is 5.62. The van der Waals surface area contributed by atoms with Gasteiger partial charge >= 0.3 is 6.09 Å². The Morgan fingerprint density at radius 2 is 1.85 bits per heavy atom. The van der Waals surface area contributed by atoms with Gasteiger partial charge in [0.15, 0.2) is 0 Å². The number of nitrogens with one attached hydrogen (secondary N) is 1. The lowest BCUT2D eigenvalue weighted by atomic mass is 10.1. The monoisotopic (exact) mass is 364 g/mol. The number of benzene rings is 1. The first-order valence-corrected chi connectivity index (χ1v) is 8.75. The lowest BCUT2D eigenvalue weighted by Gasteiger charge is -2.24. The number of β-amino-alcohol motifs (C(OH)–C–C–N with tert-alkyl or cyclic N) is 1. The van der Waals surface area contributed by atoms with Crippen LogP contribution >= 0.6 is 0 Å². The summed E-state index contributed by atoms with van der Waals surface area (Å²) in [6.45, 7) is 9.22. The van der Waals surface area contributed by atoms with E-state index in [1.165, 1.54) is 11.8 Å². The fourth-order valence-corrected chi connectivity index (χ4v) is 2.75. The van der Waals surface area contributed by atoms with E-state index >= 15 is 0 Å². The Kier molecular flexibility index (Phi) is 6.13. The van der Waals surface area contributed by atoms with E-state index in [-0.39, 0.29) is 25.0 Å². The largest absolute Gasteiger partial charge is 0.486 e. The van der Waals surface area contributed by atoms with Crippen LogP contribution in [-0.2, 0) is 9.53 Å². The van der Waals surface area contributed by atoms with Gasteiger partial charge in [0.1, 0.15) is 23.6 Å². The van der Waals surface area contributed by atoms with Crippen molar-refractivity contribution in [1.82, 2.24) is 10.2 Å². The first-order chi connectivity index (χ1) is 12.0. The second-order valence-corrected chi connectivity index (χ2v) is 7.60. The van der Waals surface area contributed by atoms with Crippen molar-refractivity contribution in [2.24, 2.45) is 0 Å². The van der Waals surface area contributed by atoms with Crippen LogP contribution in [0.4, 0.5) is 4.79 Å². The molecule has 3 atom stereocenters. The molecule has 2 amide bonds. The third-order valence-corrected chi connectivity index (χ3v) is 3.98. The molecule has 0 aromatic heterocycles. The summed E-state index contributed by atoms with van der Waals surface area (Å²) in [5.41, 5.74) is 0.372. The maximum atomic E-state index is 12.1. The van der Waals surface area contributed by atoms with Gasteiger partial charge in [-0.3, -0.25) is 4.79 Å². The standard InChI is InChI=1S/C19H28N2O5/c1-12(20-13(2)22)14-6-8-15(9-7-14)25-17-11-21(10-16(17)23)18(24)26-19(3,4)5/h6-9,12,16-17,23H,10-11H2,1-5H3,(H,20,22)/t12-,16-,17-/m0/s1. The molecule has 144 valence electrons. The molecule has 1 fully saturated rings. The van der Waals surface area contributed by atoms with Crippen LogP contribution in [0.5, 0.6) is 5.75 Å². The number of hydrogen-bond acceptors (Lipinski definition) is 5. The van der Waals surface area contributed by atoms with Crippen LogP contribution in [0.25, 0.3) is 0 Å². The Balaban J connectivity index is 1.94. The second kappa shape index (κ2) is 7.95. The topological polar surface area (TPSA) is 88.1 Å². The zero-order chi connectivity index (χ0) is 19.5. The molecular formula is C19H28N2O5. The lowest BCUT2D eigenvalue weighted by molar-refractivity contribution is -0.119. The molecule has 0 unspecified atom stereocenters. The van der Waals surface area contributed by atoms with Crippen LogP contribution in [0.15, 0.2) is 24.3 Å². The van der Waals surface area contributed by atoms with Crippen molar-refractivity contribution in [3.05, 3.63) is 29.8 Å². The highest BCUT2D eigenvalue weighted by Crippen LogP contribution is 2.23. The number of likely N-dealkylation sites (tertiary alicyclic amines) is 1. The van der Waals surface area contributed by atoms with Gasteiger partial charge in [-0.2, -0.15) is 0 Å². The molecule has 0 radical (unpaired) electrons. The minimum atomic E-state index is -0.777. The van der Waals surface area contributed by atoms with Crippen LogP contribution in [0.3, 0.4) is 0 Å². The molecule has 26 heavy (non-hydrogen) atoms. The van der Waals surface area contributed by atoms with E-state index in [1.807, 2.05) is 19.1 Å². The summed E-state index contributed by atoms with van der Waals surface area (Å²) >= 11 is 0.